The molecule has 0 aromatic heterocycles. The zero-order valence-electron chi connectivity index (χ0n) is 14.4. The first-order chi connectivity index (χ1) is 8.90. The maximum atomic E-state index is 10.3. The van der Waals surface area contributed by atoms with Gasteiger partial charge >= 0.3 is 0 Å². The van der Waals surface area contributed by atoms with Crippen molar-refractivity contribution in [2.24, 2.45) is 5.41 Å². The molecular weight excluding hydrogens is 264 g/mol. The van der Waals surface area contributed by atoms with Crippen LogP contribution in [0.15, 0.2) is 12.2 Å². The molecule has 0 heterocycles. The summed E-state index contributed by atoms with van der Waals surface area (Å²) in [7, 11) is -1.90. The van der Waals surface area contributed by atoms with Crippen LogP contribution in [-0.4, -0.2) is 25.6 Å². The summed E-state index contributed by atoms with van der Waals surface area (Å²) >= 11 is 0. The van der Waals surface area contributed by atoms with E-state index in [4.69, 9.17) is 10.8 Å². The number of hydrogen-bond donors (Lipinski definition) is 1. The lowest BCUT2D eigenvalue weighted by Gasteiger charge is -2.44. The Kier molecular flexibility index (Phi) is 6.74. The van der Waals surface area contributed by atoms with E-state index < -0.39 is 19.8 Å². The monoisotopic (exact) mass is 296 g/mol. The van der Waals surface area contributed by atoms with Gasteiger partial charge in [0.2, 0.25) is 0 Å². The third kappa shape index (κ3) is 4.77. The van der Waals surface area contributed by atoms with Gasteiger partial charge in [-0.3, -0.25) is 0 Å². The Morgan fingerprint density at radius 1 is 1.25 bits per heavy atom. The zero-order valence-corrected chi connectivity index (χ0v) is 15.4. The molecule has 0 unspecified atom stereocenters. The minimum atomic E-state index is -1.90. The Bertz CT molecular complexity index is 369. The smallest absolute Gasteiger partial charge is 0.192 e. The van der Waals surface area contributed by atoms with Crippen LogP contribution in [0.3, 0.4) is 0 Å². The van der Waals surface area contributed by atoms with Gasteiger partial charge in [0.25, 0.3) is 0 Å². The van der Waals surface area contributed by atoms with E-state index in [2.05, 4.69) is 39.8 Å². The lowest BCUT2D eigenvalue weighted by molar-refractivity contribution is -0.0169. The number of aliphatic hydroxyl groups excluding tert-OH is 1. The van der Waals surface area contributed by atoms with Crippen LogP contribution >= 0.6 is 0 Å². The van der Waals surface area contributed by atoms with Crippen LogP contribution in [0.5, 0.6) is 0 Å². The molecule has 2 atom stereocenters. The van der Waals surface area contributed by atoms with Gasteiger partial charge in [0, 0.05) is 11.8 Å². The molecule has 116 valence electrons. The molecule has 0 saturated heterocycles. The van der Waals surface area contributed by atoms with Crippen LogP contribution in [0.25, 0.3) is 0 Å². The van der Waals surface area contributed by atoms with Crippen LogP contribution in [0.2, 0.25) is 18.1 Å². The van der Waals surface area contributed by atoms with Gasteiger partial charge in [0.15, 0.2) is 8.32 Å². The SMILES string of the molecule is C#CC[C@H](O)C(C)(C)[C@@H](/C=C/C)O[Si](C)(C)C(C)(C)C. The first-order valence-corrected chi connectivity index (χ1v) is 10.2. The standard InChI is InChI=1S/C17H32O2Si/c1-10-12-14(18)17(6,7)15(13-11-2)19-20(8,9)16(3,4)5/h1,11,13-15,18H,12H2,2-9H3/b13-11+/t14-,15+/m0/s1. The Hall–Kier alpha value is -0.563. The van der Waals surface area contributed by atoms with E-state index in [1.807, 2.05) is 32.9 Å². The second-order valence-electron chi connectivity index (χ2n) is 7.57. The first-order valence-electron chi connectivity index (χ1n) is 7.32. The maximum Gasteiger partial charge on any atom is 0.192 e. The quantitative estimate of drug-likeness (QED) is 0.448. The summed E-state index contributed by atoms with van der Waals surface area (Å²) in [5.41, 5.74) is -0.408. The molecule has 3 heteroatoms. The van der Waals surface area contributed by atoms with Gasteiger partial charge in [-0.25, -0.2) is 0 Å². The molecule has 0 saturated carbocycles. The second-order valence-corrected chi connectivity index (χ2v) is 12.3. The normalized spacial score (nSPS) is 17.0. The largest absolute Gasteiger partial charge is 0.410 e. The lowest BCUT2D eigenvalue weighted by Crippen LogP contribution is -2.50. The van der Waals surface area contributed by atoms with Crippen LogP contribution in [0, 0.1) is 17.8 Å². The van der Waals surface area contributed by atoms with Crippen LogP contribution in [-0.2, 0) is 4.43 Å². The fourth-order valence-electron chi connectivity index (χ4n) is 1.67. The van der Waals surface area contributed by atoms with Crippen molar-refractivity contribution in [3.63, 3.8) is 0 Å². The fraction of sp³-hybridized carbons (Fsp3) is 0.765. The molecule has 0 aliphatic rings. The third-order valence-corrected chi connectivity index (χ3v) is 8.95. The molecule has 0 aromatic carbocycles. The zero-order chi connectivity index (χ0) is 16.2. The third-order valence-electron chi connectivity index (χ3n) is 4.50. The number of allylic oxidation sites excluding steroid dienone is 1. The number of rotatable bonds is 6. The Morgan fingerprint density at radius 3 is 2.10 bits per heavy atom. The van der Waals surface area contributed by atoms with Gasteiger partial charge in [-0.2, -0.15) is 0 Å². The van der Waals surface area contributed by atoms with Crippen molar-refractivity contribution in [3.8, 4) is 12.3 Å². The average Bonchev–Trinajstić information content (AvgIpc) is 2.26. The van der Waals surface area contributed by atoms with Crippen molar-refractivity contribution < 1.29 is 9.53 Å². The van der Waals surface area contributed by atoms with Gasteiger partial charge in [-0.15, -0.1) is 12.3 Å². The number of terminal acetylenes is 1. The average molecular weight is 297 g/mol. The van der Waals surface area contributed by atoms with Crippen LogP contribution < -0.4 is 0 Å². The summed E-state index contributed by atoms with van der Waals surface area (Å²) in [6, 6.07) is 0. The molecule has 0 spiro atoms. The molecule has 0 amide bonds. The highest BCUT2D eigenvalue weighted by Gasteiger charge is 2.44. The number of aliphatic hydroxyl groups is 1. The molecule has 0 aliphatic carbocycles. The van der Waals surface area contributed by atoms with Crippen molar-refractivity contribution in [2.45, 2.75) is 78.3 Å². The van der Waals surface area contributed by atoms with E-state index in [0.29, 0.717) is 6.42 Å². The molecular formula is C17H32O2Si. The van der Waals surface area contributed by atoms with Crippen LogP contribution in [0.1, 0.15) is 48.0 Å². The fourth-order valence-corrected chi connectivity index (χ4v) is 3.04. The first kappa shape index (κ1) is 19.4. The minimum absolute atomic E-state index is 0.128. The minimum Gasteiger partial charge on any atom is -0.410 e. The summed E-state index contributed by atoms with van der Waals surface area (Å²) in [5, 5.41) is 10.5. The van der Waals surface area contributed by atoms with Crippen molar-refractivity contribution >= 4 is 8.32 Å². The van der Waals surface area contributed by atoms with Gasteiger partial charge < -0.3 is 9.53 Å². The van der Waals surface area contributed by atoms with Crippen LogP contribution in [0.4, 0.5) is 0 Å². The summed E-state index contributed by atoms with van der Waals surface area (Å²) < 4.78 is 6.50. The second kappa shape index (κ2) is 6.93. The van der Waals surface area contributed by atoms with E-state index in [0.717, 1.165) is 0 Å². The summed E-state index contributed by atoms with van der Waals surface area (Å²) in [5.74, 6) is 2.55. The maximum absolute atomic E-state index is 10.3. The molecule has 0 bridgehead atoms. The number of hydrogen-bond acceptors (Lipinski definition) is 2. The highest BCUT2D eigenvalue weighted by Crippen LogP contribution is 2.41. The van der Waals surface area contributed by atoms with E-state index in [1.54, 1.807) is 0 Å². The predicted molar refractivity (Wildman–Crippen MR) is 90.1 cm³/mol. The highest BCUT2D eigenvalue weighted by atomic mass is 28.4. The van der Waals surface area contributed by atoms with E-state index in [-0.39, 0.29) is 11.1 Å². The van der Waals surface area contributed by atoms with E-state index >= 15 is 0 Å². The topological polar surface area (TPSA) is 29.5 Å². The molecule has 0 rings (SSSR count). The highest BCUT2D eigenvalue weighted by molar-refractivity contribution is 6.74. The van der Waals surface area contributed by atoms with E-state index in [9.17, 15) is 5.11 Å². The Morgan fingerprint density at radius 2 is 1.75 bits per heavy atom. The Balaban J connectivity index is 5.32. The molecule has 0 fully saturated rings. The molecule has 0 aliphatic heterocycles. The summed E-state index contributed by atoms with van der Waals surface area (Å²) in [6.07, 6.45) is 9.02. The van der Waals surface area contributed by atoms with Gasteiger partial charge in [-0.05, 0) is 25.1 Å². The van der Waals surface area contributed by atoms with Crippen molar-refractivity contribution in [1.82, 2.24) is 0 Å². The van der Waals surface area contributed by atoms with Crippen molar-refractivity contribution in [1.29, 1.82) is 0 Å². The van der Waals surface area contributed by atoms with E-state index in [1.165, 1.54) is 0 Å². The predicted octanol–water partition coefficient (Wildman–Crippen LogP) is 4.36. The lowest BCUT2D eigenvalue weighted by atomic mass is 9.79. The summed E-state index contributed by atoms with van der Waals surface area (Å²) in [4.78, 5) is 0. The van der Waals surface area contributed by atoms with Gasteiger partial charge in [0.1, 0.15) is 0 Å². The molecule has 0 aromatic rings. The summed E-state index contributed by atoms with van der Waals surface area (Å²) in [6.45, 7) is 17.1. The molecule has 0 radical (unpaired) electrons. The Labute approximate surface area is 126 Å². The molecule has 2 nitrogen and oxygen atoms in total. The van der Waals surface area contributed by atoms with Crippen molar-refractivity contribution in [2.75, 3.05) is 0 Å². The van der Waals surface area contributed by atoms with Gasteiger partial charge in [0.05, 0.1) is 12.2 Å². The van der Waals surface area contributed by atoms with Crippen molar-refractivity contribution in [3.05, 3.63) is 12.2 Å². The van der Waals surface area contributed by atoms with Gasteiger partial charge in [-0.1, -0.05) is 46.8 Å². The molecule has 20 heavy (non-hydrogen) atoms. The molecule has 1 N–H and O–H groups in total.